The molecule has 0 saturated carbocycles. The zero-order valence-corrected chi connectivity index (χ0v) is 15.1. The molecule has 9 heteroatoms. The van der Waals surface area contributed by atoms with Crippen molar-refractivity contribution in [3.8, 4) is 11.3 Å². The predicted octanol–water partition coefficient (Wildman–Crippen LogP) is 3.64. The summed E-state index contributed by atoms with van der Waals surface area (Å²) in [6.45, 7) is 0.337. The third-order valence-electron chi connectivity index (χ3n) is 4.33. The van der Waals surface area contributed by atoms with Crippen LogP contribution in [0.1, 0.15) is 11.1 Å². The molecule has 3 aromatic heterocycles. The highest BCUT2D eigenvalue weighted by Crippen LogP contribution is 2.27. The molecule has 1 aromatic carbocycles. The SMILES string of the molecule is O[n+]1cccc(CNc2cc(-c3ccccc3)nc3c(CC(F)(F)F)cnn23)c1. The van der Waals surface area contributed by atoms with Gasteiger partial charge in [-0.15, -0.1) is 0 Å². The van der Waals surface area contributed by atoms with Crippen LogP contribution in [0.15, 0.2) is 67.1 Å². The van der Waals surface area contributed by atoms with Crippen LogP contribution in [0.25, 0.3) is 16.9 Å². The second kappa shape index (κ2) is 7.42. The van der Waals surface area contributed by atoms with Crippen LogP contribution in [-0.4, -0.2) is 26.0 Å². The molecule has 0 bridgehead atoms. The summed E-state index contributed by atoms with van der Waals surface area (Å²) in [6.07, 6.45) is -1.26. The first-order valence-corrected chi connectivity index (χ1v) is 8.82. The molecule has 4 rings (SSSR count). The lowest BCUT2D eigenvalue weighted by Gasteiger charge is -2.11. The fraction of sp³-hybridized carbons (Fsp3) is 0.150. The third-order valence-corrected chi connectivity index (χ3v) is 4.33. The van der Waals surface area contributed by atoms with E-state index >= 15 is 0 Å². The van der Waals surface area contributed by atoms with Crippen molar-refractivity contribution in [2.75, 3.05) is 5.32 Å². The number of alkyl halides is 3. The fourth-order valence-corrected chi connectivity index (χ4v) is 3.04. The Kier molecular flexibility index (Phi) is 4.79. The van der Waals surface area contributed by atoms with E-state index in [9.17, 15) is 18.4 Å². The highest BCUT2D eigenvalue weighted by molar-refractivity contribution is 5.67. The summed E-state index contributed by atoms with van der Waals surface area (Å²) in [7, 11) is 0. The van der Waals surface area contributed by atoms with E-state index in [0.717, 1.165) is 15.9 Å². The van der Waals surface area contributed by atoms with Crippen molar-refractivity contribution in [3.63, 3.8) is 0 Å². The Morgan fingerprint density at radius 3 is 2.62 bits per heavy atom. The van der Waals surface area contributed by atoms with Crippen molar-refractivity contribution < 1.29 is 23.1 Å². The second-order valence-corrected chi connectivity index (χ2v) is 6.54. The zero-order valence-electron chi connectivity index (χ0n) is 15.1. The zero-order chi connectivity index (χ0) is 20.4. The molecule has 0 spiro atoms. The summed E-state index contributed by atoms with van der Waals surface area (Å²) >= 11 is 0. The molecule has 0 aliphatic rings. The Morgan fingerprint density at radius 1 is 1.10 bits per heavy atom. The van der Waals surface area contributed by atoms with Crippen LogP contribution in [0.5, 0.6) is 0 Å². The number of anilines is 1. The van der Waals surface area contributed by atoms with Gasteiger partial charge in [0.15, 0.2) is 5.65 Å². The van der Waals surface area contributed by atoms with E-state index in [1.165, 1.54) is 23.1 Å². The van der Waals surface area contributed by atoms with Crippen molar-refractivity contribution in [1.82, 2.24) is 14.6 Å². The van der Waals surface area contributed by atoms with Crippen molar-refractivity contribution in [2.45, 2.75) is 19.1 Å². The minimum absolute atomic E-state index is 0.00578. The van der Waals surface area contributed by atoms with E-state index in [1.54, 1.807) is 12.1 Å². The first-order valence-electron chi connectivity index (χ1n) is 8.82. The largest absolute Gasteiger partial charge is 0.393 e. The maximum absolute atomic E-state index is 13.0. The lowest BCUT2D eigenvalue weighted by molar-refractivity contribution is -0.905. The second-order valence-electron chi connectivity index (χ2n) is 6.54. The van der Waals surface area contributed by atoms with Crippen LogP contribution >= 0.6 is 0 Å². The molecule has 0 aliphatic heterocycles. The molecule has 2 N–H and O–H groups in total. The van der Waals surface area contributed by atoms with Gasteiger partial charge in [0.2, 0.25) is 12.4 Å². The lowest BCUT2D eigenvalue weighted by atomic mass is 10.1. The van der Waals surface area contributed by atoms with E-state index in [0.29, 0.717) is 18.1 Å². The quantitative estimate of drug-likeness (QED) is 0.397. The van der Waals surface area contributed by atoms with Crippen molar-refractivity contribution >= 4 is 11.5 Å². The third kappa shape index (κ3) is 4.29. The Labute approximate surface area is 163 Å². The van der Waals surface area contributed by atoms with E-state index in [4.69, 9.17) is 0 Å². The van der Waals surface area contributed by atoms with Crippen LogP contribution in [0, 0.1) is 0 Å². The van der Waals surface area contributed by atoms with Crippen LogP contribution in [0.4, 0.5) is 19.0 Å². The van der Waals surface area contributed by atoms with Crippen LogP contribution < -0.4 is 10.0 Å². The number of halogens is 3. The van der Waals surface area contributed by atoms with Gasteiger partial charge in [-0.25, -0.2) is 4.98 Å². The molecule has 0 amide bonds. The summed E-state index contributed by atoms with van der Waals surface area (Å²) in [6, 6.07) is 14.5. The Bertz CT molecular complexity index is 1140. The van der Waals surface area contributed by atoms with Crippen molar-refractivity contribution in [1.29, 1.82) is 0 Å². The number of nitrogens with zero attached hydrogens (tertiary/aromatic N) is 4. The highest BCUT2D eigenvalue weighted by atomic mass is 19.4. The fourth-order valence-electron chi connectivity index (χ4n) is 3.04. The van der Waals surface area contributed by atoms with Gasteiger partial charge in [0, 0.05) is 40.1 Å². The Hall–Kier alpha value is -3.62. The van der Waals surface area contributed by atoms with E-state index in [2.05, 4.69) is 15.4 Å². The van der Waals surface area contributed by atoms with Crippen LogP contribution in [-0.2, 0) is 13.0 Å². The average Bonchev–Trinajstić information content (AvgIpc) is 3.08. The maximum atomic E-state index is 13.0. The number of fused-ring (bicyclic) bond motifs is 1. The first-order chi connectivity index (χ1) is 13.9. The van der Waals surface area contributed by atoms with Gasteiger partial charge in [0.1, 0.15) is 5.82 Å². The molecular formula is C20H17F3N5O+. The topological polar surface area (TPSA) is 66.3 Å². The number of nitrogens with one attached hydrogen (secondary N) is 1. The molecule has 0 saturated heterocycles. The minimum Gasteiger partial charge on any atom is -0.366 e. The van der Waals surface area contributed by atoms with E-state index in [1.807, 2.05) is 36.4 Å². The first kappa shape index (κ1) is 18.7. The maximum Gasteiger partial charge on any atom is 0.393 e. The number of aromatic nitrogens is 4. The van der Waals surface area contributed by atoms with Crippen LogP contribution in [0.3, 0.4) is 0 Å². The van der Waals surface area contributed by atoms with Gasteiger partial charge >= 0.3 is 6.18 Å². The van der Waals surface area contributed by atoms with E-state index in [-0.39, 0.29) is 11.2 Å². The van der Waals surface area contributed by atoms with Gasteiger partial charge in [0.05, 0.1) is 18.3 Å². The molecular weight excluding hydrogens is 383 g/mol. The average molecular weight is 400 g/mol. The summed E-state index contributed by atoms with van der Waals surface area (Å²) < 4.78 is 41.2. The molecule has 148 valence electrons. The Balaban J connectivity index is 1.77. The molecule has 0 aliphatic carbocycles. The predicted molar refractivity (Wildman–Crippen MR) is 99.3 cm³/mol. The number of rotatable bonds is 5. The summed E-state index contributed by atoms with van der Waals surface area (Å²) in [5.74, 6) is 0.496. The van der Waals surface area contributed by atoms with Crippen molar-refractivity contribution in [3.05, 3.63) is 78.2 Å². The minimum atomic E-state index is -4.36. The monoisotopic (exact) mass is 400 g/mol. The highest BCUT2D eigenvalue weighted by Gasteiger charge is 2.30. The number of pyridine rings is 1. The smallest absolute Gasteiger partial charge is 0.366 e. The molecule has 0 unspecified atom stereocenters. The van der Waals surface area contributed by atoms with Gasteiger partial charge < -0.3 is 5.32 Å². The van der Waals surface area contributed by atoms with Crippen LogP contribution in [0.2, 0.25) is 0 Å². The number of hydrogen-bond acceptors (Lipinski definition) is 4. The van der Waals surface area contributed by atoms with Gasteiger partial charge in [0.25, 0.3) is 0 Å². The van der Waals surface area contributed by atoms with Gasteiger partial charge in [-0.2, -0.15) is 22.8 Å². The van der Waals surface area contributed by atoms with E-state index < -0.39 is 12.6 Å². The summed E-state index contributed by atoms with van der Waals surface area (Å²) in [5, 5.41) is 16.8. The van der Waals surface area contributed by atoms with Crippen molar-refractivity contribution in [2.24, 2.45) is 0 Å². The van der Waals surface area contributed by atoms with Gasteiger partial charge in [-0.1, -0.05) is 30.3 Å². The normalized spacial score (nSPS) is 11.7. The molecule has 0 radical (unpaired) electrons. The molecule has 0 fully saturated rings. The molecule has 3 heterocycles. The molecule has 0 atom stereocenters. The Morgan fingerprint density at radius 2 is 1.90 bits per heavy atom. The lowest BCUT2D eigenvalue weighted by Crippen LogP contribution is -2.29. The summed E-state index contributed by atoms with van der Waals surface area (Å²) in [5.41, 5.74) is 2.26. The number of hydrogen-bond donors (Lipinski definition) is 2. The van der Waals surface area contributed by atoms with Gasteiger partial charge in [-0.05, 0) is 6.07 Å². The number of benzene rings is 1. The standard InChI is InChI=1S/C20H17F3N5O/c21-20(22,23)10-16-12-25-28-18(24-11-14-5-4-8-27(29)13-14)9-17(26-19(16)28)15-6-2-1-3-7-15/h1-9,12-13,24,29H,10-11H2/q+1. The molecule has 4 aromatic rings. The van der Waals surface area contributed by atoms with Gasteiger partial charge in [-0.3, -0.25) is 5.21 Å². The summed E-state index contributed by atoms with van der Waals surface area (Å²) in [4.78, 5) is 4.44. The molecule has 29 heavy (non-hydrogen) atoms. The molecule has 6 nitrogen and oxygen atoms in total.